The Labute approximate surface area is 107 Å². The number of urea groups is 1. The highest BCUT2D eigenvalue weighted by Gasteiger charge is 2.31. The molecule has 1 heterocycles. The highest BCUT2D eigenvalue weighted by Crippen LogP contribution is 2.28. The van der Waals surface area contributed by atoms with Crippen molar-refractivity contribution in [3.63, 3.8) is 0 Å². The zero-order valence-electron chi connectivity index (χ0n) is 10.7. The van der Waals surface area contributed by atoms with Crippen LogP contribution in [0, 0.1) is 0 Å². The largest absolute Gasteiger partial charge is 0.496 e. The molecule has 1 aromatic rings. The maximum atomic E-state index is 11.8. The van der Waals surface area contributed by atoms with Crippen LogP contribution in [0.15, 0.2) is 24.3 Å². The number of amides is 2. The molecule has 1 aromatic carbocycles. The van der Waals surface area contributed by atoms with Crippen molar-refractivity contribution in [2.45, 2.75) is 19.0 Å². The number of nitrogens with two attached hydrogens (primary N) is 1. The Balaban J connectivity index is 2.14. The second-order valence-corrected chi connectivity index (χ2v) is 4.63. The first-order valence-electron chi connectivity index (χ1n) is 6.05. The van der Waals surface area contributed by atoms with Gasteiger partial charge in [-0.15, -0.1) is 0 Å². The Bertz CT molecular complexity index is 434. The summed E-state index contributed by atoms with van der Waals surface area (Å²) in [6.07, 6.45) is 0. The van der Waals surface area contributed by atoms with Gasteiger partial charge in [-0.05, 0) is 13.0 Å². The summed E-state index contributed by atoms with van der Waals surface area (Å²) in [5, 5.41) is 2.95. The molecule has 1 saturated heterocycles. The van der Waals surface area contributed by atoms with E-state index in [1.54, 1.807) is 12.0 Å². The normalized spacial score (nSPS) is 20.7. The molecule has 0 aliphatic carbocycles. The second-order valence-electron chi connectivity index (χ2n) is 4.63. The zero-order chi connectivity index (χ0) is 13.1. The van der Waals surface area contributed by atoms with Gasteiger partial charge in [-0.2, -0.15) is 0 Å². The summed E-state index contributed by atoms with van der Waals surface area (Å²) in [6.45, 7) is 3.09. The van der Waals surface area contributed by atoms with Gasteiger partial charge >= 0.3 is 6.03 Å². The van der Waals surface area contributed by atoms with Crippen LogP contribution in [-0.2, 0) is 0 Å². The Morgan fingerprint density at radius 1 is 1.56 bits per heavy atom. The number of carbonyl (C=O) groups is 1. The molecule has 2 amide bonds. The van der Waals surface area contributed by atoms with Crippen molar-refractivity contribution in [3.8, 4) is 5.75 Å². The fraction of sp³-hybridized carbons (Fsp3) is 0.462. The number of hydrogen-bond acceptors (Lipinski definition) is 3. The summed E-state index contributed by atoms with van der Waals surface area (Å²) in [5.74, 6) is 0.797. The molecule has 1 aliphatic rings. The van der Waals surface area contributed by atoms with Crippen LogP contribution in [0.5, 0.6) is 5.75 Å². The SMILES string of the molecule is COc1ccccc1C1CN(CC(C)N)C(=O)N1. The summed E-state index contributed by atoms with van der Waals surface area (Å²) >= 11 is 0. The molecule has 5 heteroatoms. The van der Waals surface area contributed by atoms with Crippen molar-refractivity contribution in [1.29, 1.82) is 0 Å². The Morgan fingerprint density at radius 3 is 2.94 bits per heavy atom. The molecule has 2 rings (SSSR count). The van der Waals surface area contributed by atoms with Gasteiger partial charge in [0.1, 0.15) is 5.75 Å². The van der Waals surface area contributed by atoms with Crippen LogP contribution in [0.25, 0.3) is 0 Å². The van der Waals surface area contributed by atoms with E-state index in [1.807, 2.05) is 31.2 Å². The quantitative estimate of drug-likeness (QED) is 0.840. The first-order chi connectivity index (χ1) is 8.61. The van der Waals surface area contributed by atoms with Gasteiger partial charge in [0.2, 0.25) is 0 Å². The lowest BCUT2D eigenvalue weighted by Crippen LogP contribution is -2.37. The molecule has 98 valence electrons. The van der Waals surface area contributed by atoms with E-state index in [9.17, 15) is 4.79 Å². The minimum absolute atomic E-state index is 0.0211. The van der Waals surface area contributed by atoms with Crippen LogP contribution < -0.4 is 15.8 Å². The highest BCUT2D eigenvalue weighted by atomic mass is 16.5. The lowest BCUT2D eigenvalue weighted by molar-refractivity contribution is 0.215. The number of nitrogens with one attached hydrogen (secondary N) is 1. The third-order valence-electron chi connectivity index (χ3n) is 3.01. The number of nitrogens with zero attached hydrogens (tertiary/aromatic N) is 1. The average molecular weight is 249 g/mol. The van der Waals surface area contributed by atoms with Crippen molar-refractivity contribution in [3.05, 3.63) is 29.8 Å². The maximum Gasteiger partial charge on any atom is 0.318 e. The molecule has 1 aliphatic heterocycles. The summed E-state index contributed by atoms with van der Waals surface area (Å²) in [4.78, 5) is 13.5. The number of methoxy groups -OCH3 is 1. The van der Waals surface area contributed by atoms with Crippen LogP contribution in [-0.4, -0.2) is 37.2 Å². The van der Waals surface area contributed by atoms with Crippen molar-refractivity contribution in [2.24, 2.45) is 5.73 Å². The Kier molecular flexibility index (Phi) is 3.72. The van der Waals surface area contributed by atoms with Gasteiger partial charge in [-0.3, -0.25) is 0 Å². The van der Waals surface area contributed by atoms with E-state index in [-0.39, 0.29) is 18.1 Å². The van der Waals surface area contributed by atoms with Gasteiger partial charge in [0.15, 0.2) is 0 Å². The minimum atomic E-state index is -0.0665. The molecule has 0 saturated carbocycles. The number of ether oxygens (including phenoxy) is 1. The third-order valence-corrected chi connectivity index (χ3v) is 3.01. The van der Waals surface area contributed by atoms with E-state index in [0.717, 1.165) is 11.3 Å². The standard InChI is InChI=1S/C13H19N3O2/c1-9(14)7-16-8-11(15-13(16)17)10-5-3-4-6-12(10)18-2/h3-6,9,11H,7-8,14H2,1-2H3,(H,15,17). The summed E-state index contributed by atoms with van der Waals surface area (Å²) in [7, 11) is 1.63. The molecule has 0 radical (unpaired) electrons. The number of hydrogen-bond donors (Lipinski definition) is 2. The third kappa shape index (κ3) is 2.56. The van der Waals surface area contributed by atoms with Crippen molar-refractivity contribution in [2.75, 3.05) is 20.2 Å². The van der Waals surface area contributed by atoms with Gasteiger partial charge in [0, 0.05) is 24.7 Å². The molecule has 18 heavy (non-hydrogen) atoms. The highest BCUT2D eigenvalue weighted by molar-refractivity contribution is 5.77. The monoisotopic (exact) mass is 249 g/mol. The molecule has 3 N–H and O–H groups in total. The first-order valence-corrected chi connectivity index (χ1v) is 6.05. The molecule has 1 fully saturated rings. The average Bonchev–Trinajstić information content (AvgIpc) is 2.70. The van der Waals surface area contributed by atoms with Gasteiger partial charge in [0.05, 0.1) is 13.2 Å². The molecule has 2 atom stereocenters. The minimum Gasteiger partial charge on any atom is -0.496 e. The van der Waals surface area contributed by atoms with Gasteiger partial charge in [-0.1, -0.05) is 18.2 Å². The topological polar surface area (TPSA) is 67.6 Å². The predicted molar refractivity (Wildman–Crippen MR) is 69.5 cm³/mol. The van der Waals surface area contributed by atoms with Crippen LogP contribution >= 0.6 is 0 Å². The second kappa shape index (κ2) is 5.27. The van der Waals surface area contributed by atoms with E-state index in [0.29, 0.717) is 13.1 Å². The molecule has 2 unspecified atom stereocenters. The van der Waals surface area contributed by atoms with E-state index in [1.165, 1.54) is 0 Å². The maximum absolute atomic E-state index is 11.8. The van der Waals surface area contributed by atoms with E-state index >= 15 is 0 Å². The first kappa shape index (κ1) is 12.7. The van der Waals surface area contributed by atoms with Crippen molar-refractivity contribution >= 4 is 6.03 Å². The van der Waals surface area contributed by atoms with Gasteiger partial charge < -0.3 is 20.7 Å². The molecular formula is C13H19N3O2. The van der Waals surface area contributed by atoms with Crippen molar-refractivity contribution < 1.29 is 9.53 Å². The predicted octanol–water partition coefficient (Wildman–Crippen LogP) is 1.11. The van der Waals surface area contributed by atoms with E-state index in [2.05, 4.69) is 5.32 Å². The number of benzene rings is 1. The van der Waals surface area contributed by atoms with E-state index < -0.39 is 0 Å². The molecule has 0 spiro atoms. The van der Waals surface area contributed by atoms with Crippen LogP contribution in [0.1, 0.15) is 18.5 Å². The van der Waals surface area contributed by atoms with E-state index in [4.69, 9.17) is 10.5 Å². The van der Waals surface area contributed by atoms with Crippen LogP contribution in [0.2, 0.25) is 0 Å². The molecule has 5 nitrogen and oxygen atoms in total. The molecule has 0 aromatic heterocycles. The number of rotatable bonds is 4. The number of carbonyl (C=O) groups excluding carboxylic acids is 1. The summed E-state index contributed by atoms with van der Waals surface area (Å²) in [5.41, 5.74) is 6.73. The van der Waals surface area contributed by atoms with Crippen molar-refractivity contribution in [1.82, 2.24) is 10.2 Å². The van der Waals surface area contributed by atoms with Crippen LogP contribution in [0.4, 0.5) is 4.79 Å². The lowest BCUT2D eigenvalue weighted by atomic mass is 10.1. The smallest absolute Gasteiger partial charge is 0.318 e. The fourth-order valence-corrected chi connectivity index (χ4v) is 2.22. The van der Waals surface area contributed by atoms with Gasteiger partial charge in [0.25, 0.3) is 0 Å². The Hall–Kier alpha value is -1.75. The molecular weight excluding hydrogens is 230 g/mol. The molecule has 0 bridgehead atoms. The summed E-state index contributed by atoms with van der Waals surface area (Å²) < 4.78 is 5.31. The fourth-order valence-electron chi connectivity index (χ4n) is 2.22. The summed E-state index contributed by atoms with van der Waals surface area (Å²) in [6, 6.07) is 7.61. The Morgan fingerprint density at radius 2 is 2.28 bits per heavy atom. The van der Waals surface area contributed by atoms with Crippen LogP contribution in [0.3, 0.4) is 0 Å². The number of para-hydroxylation sites is 1. The lowest BCUT2D eigenvalue weighted by Gasteiger charge is -2.17. The zero-order valence-corrected chi connectivity index (χ0v) is 10.7. The van der Waals surface area contributed by atoms with Gasteiger partial charge in [-0.25, -0.2) is 4.79 Å².